The summed E-state index contributed by atoms with van der Waals surface area (Å²) in [6.45, 7) is 1.50. The van der Waals surface area contributed by atoms with Gasteiger partial charge in [0.1, 0.15) is 5.78 Å². The molecule has 2 aromatic heterocycles. The summed E-state index contributed by atoms with van der Waals surface area (Å²) in [5, 5.41) is 3.88. The number of benzene rings is 1. The maximum atomic E-state index is 12.2. The largest absolute Gasteiger partial charge is 0.661 e. The quantitative estimate of drug-likeness (QED) is 0.391. The first-order valence-corrected chi connectivity index (χ1v) is 6.55. The molecule has 0 bridgehead atoms. The summed E-state index contributed by atoms with van der Waals surface area (Å²) >= 11 is 0. The van der Waals surface area contributed by atoms with Crippen LogP contribution in [0.5, 0.6) is 0 Å². The second-order valence-corrected chi connectivity index (χ2v) is 4.49. The van der Waals surface area contributed by atoms with Crippen molar-refractivity contribution in [3.8, 4) is 5.69 Å². The topological polar surface area (TPSA) is 49.0 Å². The zero-order valence-electron chi connectivity index (χ0n) is 12.4. The van der Waals surface area contributed by atoms with E-state index in [2.05, 4.69) is 16.1 Å². The van der Waals surface area contributed by atoms with E-state index in [4.69, 9.17) is 0 Å². The van der Waals surface area contributed by atoms with Crippen LogP contribution in [-0.2, 0) is 26.3 Å². The van der Waals surface area contributed by atoms with Crippen molar-refractivity contribution in [1.82, 2.24) is 14.8 Å². The molecule has 0 saturated carbocycles. The van der Waals surface area contributed by atoms with Gasteiger partial charge in [-0.15, -0.1) is 6.07 Å². The minimum absolute atomic E-state index is 0. The van der Waals surface area contributed by atoms with Gasteiger partial charge in [0, 0.05) is 32.5 Å². The molecule has 0 fully saturated rings. The molecule has 0 atom stereocenters. The molecule has 0 aliphatic heterocycles. The van der Waals surface area contributed by atoms with Crippen molar-refractivity contribution in [1.29, 1.82) is 0 Å². The molecular formula is C16H12F3IrN3O-2. The number of alkyl halides is 3. The Hall–Kier alpha value is -2.18. The number of carbonyl (C=O) groups is 1. The molecule has 8 heteroatoms. The van der Waals surface area contributed by atoms with Crippen LogP contribution in [0, 0.1) is 6.07 Å². The van der Waals surface area contributed by atoms with Crippen LogP contribution >= 0.6 is 0 Å². The first-order valence-electron chi connectivity index (χ1n) is 6.55. The van der Waals surface area contributed by atoms with Crippen molar-refractivity contribution < 1.29 is 38.1 Å². The van der Waals surface area contributed by atoms with Crippen LogP contribution in [-0.4, -0.2) is 15.6 Å². The van der Waals surface area contributed by atoms with Crippen molar-refractivity contribution in [2.45, 2.75) is 13.1 Å². The molecule has 3 aromatic rings. The zero-order chi connectivity index (χ0) is 16.9. The average molecular weight is 512 g/mol. The summed E-state index contributed by atoms with van der Waals surface area (Å²) in [7, 11) is 0. The SMILES string of the molecule is CC(=O)c1ccc[n-]1.FC(F)(F)c1c[c-]c(-n2cccn2)cc1.[Ir]. The Morgan fingerprint density at radius 2 is 2.00 bits per heavy atom. The fourth-order valence-electron chi connectivity index (χ4n) is 1.66. The summed E-state index contributed by atoms with van der Waals surface area (Å²) < 4.78 is 38.1. The molecule has 24 heavy (non-hydrogen) atoms. The van der Waals surface area contributed by atoms with Crippen molar-refractivity contribution in [2.75, 3.05) is 0 Å². The molecule has 0 amide bonds. The number of nitrogens with zero attached hydrogens (tertiary/aromatic N) is 3. The predicted molar refractivity (Wildman–Crippen MR) is 77.2 cm³/mol. The van der Waals surface area contributed by atoms with Gasteiger partial charge in [0.05, 0.1) is 0 Å². The van der Waals surface area contributed by atoms with Crippen molar-refractivity contribution >= 4 is 5.78 Å². The Labute approximate surface area is 150 Å². The smallest absolute Gasteiger partial charge is 0.370 e. The number of halogens is 3. The van der Waals surface area contributed by atoms with E-state index in [0.717, 1.165) is 12.1 Å². The molecule has 2 heterocycles. The first kappa shape index (κ1) is 19.9. The maximum absolute atomic E-state index is 12.2. The number of Topliss-reactive ketones (excluding diaryl/α,β-unsaturated/α-hetero) is 1. The third kappa shape index (κ3) is 5.47. The Balaban J connectivity index is 0.000000273. The van der Waals surface area contributed by atoms with E-state index in [1.54, 1.807) is 36.8 Å². The Kier molecular flexibility index (Phi) is 7.13. The molecule has 0 N–H and O–H groups in total. The second kappa shape index (κ2) is 8.61. The van der Waals surface area contributed by atoms with Crippen LogP contribution in [0.4, 0.5) is 13.2 Å². The fourth-order valence-corrected chi connectivity index (χ4v) is 1.66. The number of carbonyl (C=O) groups excluding carboxylic acids is 1. The van der Waals surface area contributed by atoms with Gasteiger partial charge < -0.3 is 4.98 Å². The molecular weight excluding hydrogens is 499 g/mol. The van der Waals surface area contributed by atoms with Gasteiger partial charge in [0.25, 0.3) is 0 Å². The summed E-state index contributed by atoms with van der Waals surface area (Å²) in [6.07, 6.45) is 0.473. The number of aromatic nitrogens is 3. The van der Waals surface area contributed by atoms with E-state index in [0.29, 0.717) is 11.4 Å². The molecule has 0 aliphatic carbocycles. The van der Waals surface area contributed by atoms with Gasteiger partial charge in [-0.05, 0) is 18.7 Å². The summed E-state index contributed by atoms with van der Waals surface area (Å²) in [6, 6.07) is 10.9. The number of hydrogen-bond donors (Lipinski definition) is 0. The van der Waals surface area contributed by atoms with Gasteiger partial charge >= 0.3 is 6.18 Å². The molecule has 0 unspecified atom stereocenters. The summed E-state index contributed by atoms with van der Waals surface area (Å²) in [5.41, 5.74) is 0.316. The Morgan fingerprint density at radius 3 is 2.38 bits per heavy atom. The minimum atomic E-state index is -4.32. The molecule has 129 valence electrons. The fraction of sp³-hybridized carbons (Fsp3) is 0.125. The van der Waals surface area contributed by atoms with Crippen LogP contribution in [0.25, 0.3) is 5.69 Å². The number of rotatable bonds is 2. The molecule has 3 rings (SSSR count). The van der Waals surface area contributed by atoms with Crippen LogP contribution in [0.1, 0.15) is 23.0 Å². The van der Waals surface area contributed by atoms with Gasteiger partial charge in [0.15, 0.2) is 0 Å². The van der Waals surface area contributed by atoms with Crippen LogP contribution in [0.2, 0.25) is 0 Å². The number of hydrogen-bond acceptors (Lipinski definition) is 2. The predicted octanol–water partition coefficient (Wildman–Crippen LogP) is 3.54. The standard InChI is InChI=1S/C10H6F3N2.C6H7NO.Ir/c11-10(12,13)8-2-4-9(5-3-8)15-7-1-6-14-15;1-5(8)6-3-2-4-7-6;/h1-4,6-7H;2-4H,1H3,(H,7,8);/q-1;;/p-1. The second-order valence-electron chi connectivity index (χ2n) is 4.49. The maximum Gasteiger partial charge on any atom is 0.370 e. The van der Waals surface area contributed by atoms with Crippen LogP contribution in [0.15, 0.2) is 55.0 Å². The Morgan fingerprint density at radius 1 is 1.25 bits per heavy atom. The van der Waals surface area contributed by atoms with Gasteiger partial charge in [-0.1, -0.05) is 23.4 Å². The monoisotopic (exact) mass is 512 g/mol. The molecule has 0 saturated heterocycles. The van der Waals surface area contributed by atoms with Crippen molar-refractivity contribution in [3.63, 3.8) is 0 Å². The third-order valence-corrected chi connectivity index (χ3v) is 2.79. The van der Waals surface area contributed by atoms with Gasteiger partial charge in [0.2, 0.25) is 0 Å². The van der Waals surface area contributed by atoms with E-state index in [1.807, 2.05) is 0 Å². The van der Waals surface area contributed by atoms with Gasteiger partial charge in [-0.25, -0.2) is 0 Å². The number of ketones is 1. The van der Waals surface area contributed by atoms with Crippen molar-refractivity contribution in [3.05, 3.63) is 72.3 Å². The van der Waals surface area contributed by atoms with Crippen molar-refractivity contribution in [2.24, 2.45) is 0 Å². The Bertz CT molecular complexity index is 736. The average Bonchev–Trinajstić information content (AvgIpc) is 3.21. The third-order valence-electron chi connectivity index (χ3n) is 2.79. The minimum Gasteiger partial charge on any atom is -0.661 e. The molecule has 1 aromatic carbocycles. The zero-order valence-corrected chi connectivity index (χ0v) is 14.8. The van der Waals surface area contributed by atoms with Crippen LogP contribution in [0.3, 0.4) is 0 Å². The van der Waals surface area contributed by atoms with Crippen LogP contribution < -0.4 is 4.98 Å². The molecule has 0 aliphatic rings. The van der Waals surface area contributed by atoms with Gasteiger partial charge in [-0.3, -0.25) is 9.48 Å². The van der Waals surface area contributed by atoms with E-state index in [9.17, 15) is 18.0 Å². The summed E-state index contributed by atoms with van der Waals surface area (Å²) in [4.78, 5) is 14.2. The molecule has 0 spiro atoms. The normalized spacial score (nSPS) is 10.3. The van der Waals surface area contributed by atoms with E-state index in [-0.39, 0.29) is 25.9 Å². The van der Waals surface area contributed by atoms with E-state index >= 15 is 0 Å². The van der Waals surface area contributed by atoms with E-state index < -0.39 is 11.7 Å². The molecule has 4 nitrogen and oxygen atoms in total. The van der Waals surface area contributed by atoms with Gasteiger partial charge in [-0.2, -0.15) is 42.7 Å². The summed E-state index contributed by atoms with van der Waals surface area (Å²) in [5.74, 6) is 0.0231. The first-order chi connectivity index (χ1) is 10.9. The van der Waals surface area contributed by atoms with E-state index in [1.165, 1.54) is 17.7 Å². The molecule has 1 radical (unpaired) electrons.